The van der Waals surface area contributed by atoms with Crippen molar-refractivity contribution in [3.05, 3.63) is 70.7 Å². The number of pyridine rings is 1. The number of rotatable bonds is 3. The van der Waals surface area contributed by atoms with E-state index in [1.807, 2.05) is 67.5 Å². The number of halogens is 1. The molecule has 2 aromatic carbocycles. The maximum absolute atomic E-state index is 13.7. The summed E-state index contributed by atoms with van der Waals surface area (Å²) in [6, 6.07) is 12.5. The van der Waals surface area contributed by atoms with Gasteiger partial charge >= 0.3 is 0 Å². The molecule has 197 valence electrons. The number of carbonyl (C=O) groups is 1. The number of hydrogen-bond donors (Lipinski definition) is 1. The van der Waals surface area contributed by atoms with Gasteiger partial charge in [0.2, 0.25) is 0 Å². The van der Waals surface area contributed by atoms with Crippen molar-refractivity contribution in [3.63, 3.8) is 0 Å². The van der Waals surface area contributed by atoms with Crippen LogP contribution in [0.4, 0.5) is 4.39 Å². The van der Waals surface area contributed by atoms with Crippen molar-refractivity contribution < 1.29 is 39.1 Å². The Hall–Kier alpha value is -2.56. The predicted octanol–water partition coefficient (Wildman–Crippen LogP) is 7.86. The van der Waals surface area contributed by atoms with Crippen LogP contribution in [0.3, 0.4) is 0 Å². The molecule has 1 radical (unpaired) electrons. The van der Waals surface area contributed by atoms with Crippen LogP contribution in [0.5, 0.6) is 5.75 Å². The van der Waals surface area contributed by atoms with Crippen LogP contribution < -0.4 is 4.74 Å². The smallest absolute Gasteiger partial charge is 0.164 e. The molecular weight excluding hydrogens is 634 g/mol. The Morgan fingerprint density at radius 1 is 1.00 bits per heavy atom. The van der Waals surface area contributed by atoms with Crippen molar-refractivity contribution in [2.75, 3.05) is 7.11 Å². The van der Waals surface area contributed by atoms with E-state index in [0.717, 1.165) is 33.3 Å². The summed E-state index contributed by atoms with van der Waals surface area (Å²) in [6.45, 7) is 16.9. The molecule has 1 N–H and O–H groups in total. The number of ether oxygens (including phenoxy) is 1. The van der Waals surface area contributed by atoms with Gasteiger partial charge in [0.15, 0.2) is 5.78 Å². The van der Waals surface area contributed by atoms with Crippen molar-refractivity contribution in [1.82, 2.24) is 4.98 Å². The molecule has 1 heterocycles. The average Bonchev–Trinajstić information content (AvgIpc) is 2.72. The molecule has 0 fully saturated rings. The third-order valence-corrected chi connectivity index (χ3v) is 5.46. The molecule has 0 bridgehead atoms. The molecule has 36 heavy (non-hydrogen) atoms. The first-order chi connectivity index (χ1) is 16.0. The second kappa shape index (κ2) is 12.1. The molecule has 1 aromatic heterocycles. The van der Waals surface area contributed by atoms with Gasteiger partial charge in [0, 0.05) is 48.1 Å². The first-order valence-electron chi connectivity index (χ1n) is 11.6. The standard InChI is InChI=1S/C19H17FNO.C11H20O2.Ir/c1-11-5-12(2)7-15(6-11)19-18(22-4)10-14-9-16(20)13(3)8-17(14)21-19;1-10(2,3)8(12)7-9(13)11(4,5)6;/h5-6,8-10H,1-4H3;7,12H,1-6H3;/q-1;;/b;8-7-;. The minimum Gasteiger partial charge on any atom is -0.512 e. The summed E-state index contributed by atoms with van der Waals surface area (Å²) in [4.78, 5) is 16.2. The van der Waals surface area contributed by atoms with E-state index in [-0.39, 0.29) is 42.9 Å². The summed E-state index contributed by atoms with van der Waals surface area (Å²) in [6.07, 6.45) is 1.33. The van der Waals surface area contributed by atoms with E-state index in [2.05, 4.69) is 17.1 Å². The summed E-state index contributed by atoms with van der Waals surface area (Å²) in [7, 11) is 1.60. The molecule has 0 saturated carbocycles. The molecule has 0 aliphatic heterocycles. The Balaban J connectivity index is 0.000000402. The number of benzene rings is 2. The summed E-state index contributed by atoms with van der Waals surface area (Å²) in [5.41, 5.74) is 4.38. The Morgan fingerprint density at radius 2 is 1.61 bits per heavy atom. The number of aliphatic hydroxyl groups is 1. The van der Waals surface area contributed by atoms with Crippen LogP contribution in [-0.4, -0.2) is 23.0 Å². The van der Waals surface area contributed by atoms with Crippen molar-refractivity contribution >= 4 is 16.7 Å². The fraction of sp³-hybridized carbons (Fsp3) is 0.400. The fourth-order valence-corrected chi connectivity index (χ4v) is 3.21. The van der Waals surface area contributed by atoms with Crippen molar-refractivity contribution in [2.45, 2.75) is 62.3 Å². The monoisotopic (exact) mass is 671 g/mol. The van der Waals surface area contributed by atoms with E-state index in [1.54, 1.807) is 20.1 Å². The molecular formula is C30H37FIrNO3-. The Labute approximate surface area is 228 Å². The molecule has 0 spiro atoms. The zero-order valence-corrected chi connectivity index (χ0v) is 25.3. The maximum atomic E-state index is 13.7. The molecule has 3 rings (SSSR count). The Bertz CT molecular complexity index is 1250. The summed E-state index contributed by atoms with van der Waals surface area (Å²) in [5, 5.41) is 10.3. The van der Waals surface area contributed by atoms with E-state index in [4.69, 9.17) is 4.74 Å². The normalized spacial score (nSPS) is 11.9. The van der Waals surface area contributed by atoms with Gasteiger partial charge in [-0.1, -0.05) is 55.4 Å². The van der Waals surface area contributed by atoms with Crippen LogP contribution in [0, 0.1) is 43.5 Å². The number of ketones is 1. The molecule has 4 nitrogen and oxygen atoms in total. The van der Waals surface area contributed by atoms with E-state index in [0.29, 0.717) is 11.3 Å². The quantitative estimate of drug-likeness (QED) is 0.175. The van der Waals surface area contributed by atoms with Gasteiger partial charge in [-0.2, -0.15) is 0 Å². The molecule has 0 unspecified atom stereocenters. The van der Waals surface area contributed by atoms with Crippen LogP contribution in [-0.2, 0) is 24.9 Å². The van der Waals surface area contributed by atoms with Gasteiger partial charge in [-0.15, -0.1) is 34.9 Å². The molecule has 6 heteroatoms. The minimum atomic E-state index is -0.417. The van der Waals surface area contributed by atoms with E-state index >= 15 is 0 Å². The van der Waals surface area contributed by atoms with Crippen molar-refractivity contribution in [2.24, 2.45) is 10.8 Å². The third kappa shape index (κ3) is 8.25. The summed E-state index contributed by atoms with van der Waals surface area (Å²) >= 11 is 0. The van der Waals surface area contributed by atoms with Gasteiger partial charge in [0.25, 0.3) is 0 Å². The van der Waals surface area contributed by atoms with Crippen LogP contribution in [0.2, 0.25) is 0 Å². The van der Waals surface area contributed by atoms with Gasteiger partial charge in [-0.25, -0.2) is 4.39 Å². The summed E-state index contributed by atoms with van der Waals surface area (Å²) < 4.78 is 19.2. The van der Waals surface area contributed by atoms with E-state index in [9.17, 15) is 14.3 Å². The van der Waals surface area contributed by atoms with Crippen LogP contribution in [0.15, 0.2) is 42.2 Å². The SMILES string of the molecule is CC(C)(C)C(=O)/C=C(\O)C(C)(C)C.COc1cc2cc(F)c(C)cc2nc1-c1[c-]c(C)cc(C)c1.[Ir]. The van der Waals surface area contributed by atoms with Crippen LogP contribution >= 0.6 is 0 Å². The largest absolute Gasteiger partial charge is 0.512 e. The van der Waals surface area contributed by atoms with E-state index in [1.165, 1.54) is 12.1 Å². The minimum absolute atomic E-state index is 0. The number of aromatic nitrogens is 1. The van der Waals surface area contributed by atoms with Crippen molar-refractivity contribution in [3.8, 4) is 17.0 Å². The first kappa shape index (κ1) is 31.5. The second-order valence-corrected chi connectivity index (χ2v) is 11.0. The average molecular weight is 671 g/mol. The molecule has 0 aliphatic rings. The molecule has 0 amide bonds. The second-order valence-electron chi connectivity index (χ2n) is 11.0. The van der Waals surface area contributed by atoms with Gasteiger partial charge in [0.1, 0.15) is 17.3 Å². The number of methoxy groups -OCH3 is 1. The number of nitrogens with zero attached hydrogens (tertiary/aromatic N) is 1. The third-order valence-electron chi connectivity index (χ3n) is 5.46. The molecule has 3 aromatic rings. The molecule has 0 aliphatic carbocycles. The zero-order chi connectivity index (χ0) is 26.7. The number of aryl methyl sites for hydroxylation is 3. The van der Waals surface area contributed by atoms with Crippen molar-refractivity contribution in [1.29, 1.82) is 0 Å². The van der Waals surface area contributed by atoms with Gasteiger partial charge < -0.3 is 9.84 Å². The number of allylic oxidation sites excluding steroid dienone is 2. The zero-order valence-electron chi connectivity index (χ0n) is 22.9. The Kier molecular flexibility index (Phi) is 10.6. The first-order valence-corrected chi connectivity index (χ1v) is 11.6. The van der Waals surface area contributed by atoms with E-state index < -0.39 is 5.41 Å². The molecule has 0 atom stereocenters. The topological polar surface area (TPSA) is 59.4 Å². The number of aliphatic hydroxyl groups excluding tert-OH is 1. The van der Waals surface area contributed by atoms with Gasteiger partial charge in [-0.05, 0) is 30.7 Å². The fourth-order valence-electron chi connectivity index (χ4n) is 3.21. The number of hydrogen-bond acceptors (Lipinski definition) is 4. The number of carbonyl (C=O) groups excluding carboxylic acids is 1. The van der Waals surface area contributed by atoms with Gasteiger partial charge in [0.05, 0.1) is 12.6 Å². The maximum Gasteiger partial charge on any atom is 0.164 e. The Morgan fingerprint density at radius 3 is 2.11 bits per heavy atom. The number of fused-ring (bicyclic) bond motifs is 1. The van der Waals surface area contributed by atoms with Crippen LogP contribution in [0.1, 0.15) is 58.2 Å². The predicted molar refractivity (Wildman–Crippen MR) is 141 cm³/mol. The van der Waals surface area contributed by atoms with Gasteiger partial charge in [-0.3, -0.25) is 9.78 Å². The molecule has 0 saturated heterocycles. The van der Waals surface area contributed by atoms with Crippen LogP contribution in [0.25, 0.3) is 22.2 Å². The summed E-state index contributed by atoms with van der Waals surface area (Å²) in [5.74, 6) is 0.492.